The highest BCUT2D eigenvalue weighted by Crippen LogP contribution is 2.60. The van der Waals surface area contributed by atoms with Gasteiger partial charge in [-0.05, 0) is 91.2 Å². The zero-order chi connectivity index (χ0) is 36.8. The number of methoxy groups -OCH3 is 1. The molecule has 1 heterocycles. The van der Waals surface area contributed by atoms with Crippen LogP contribution in [0.3, 0.4) is 0 Å². The van der Waals surface area contributed by atoms with E-state index in [0.29, 0.717) is 18.4 Å². The lowest BCUT2D eigenvalue weighted by Gasteiger charge is -2.29. The molecule has 0 aliphatic rings. The predicted octanol–water partition coefficient (Wildman–Crippen LogP) is 6.98. The molecule has 7 aromatic rings. The minimum absolute atomic E-state index is 0. The van der Waals surface area contributed by atoms with E-state index in [1.807, 2.05) is 54.6 Å². The van der Waals surface area contributed by atoms with Crippen LogP contribution in [-0.4, -0.2) is 17.6 Å². The molecule has 0 spiro atoms. The zero-order valence-corrected chi connectivity index (χ0v) is 33.1. The maximum absolute atomic E-state index is 14.9. The van der Waals surface area contributed by atoms with E-state index in [4.69, 9.17) is 4.74 Å². The molecule has 0 saturated heterocycles. The Labute approximate surface area is 328 Å². The number of halogens is 2. The summed E-state index contributed by atoms with van der Waals surface area (Å²) in [5.41, 5.74) is 6.13. The van der Waals surface area contributed by atoms with Crippen LogP contribution < -0.4 is 42.9 Å². The van der Waals surface area contributed by atoms with Crippen molar-refractivity contribution in [3.63, 3.8) is 0 Å². The van der Waals surface area contributed by atoms with Crippen LogP contribution in [0.25, 0.3) is 22.3 Å². The van der Waals surface area contributed by atoms with Gasteiger partial charge >= 0.3 is 0 Å². The van der Waals surface area contributed by atoms with E-state index in [1.54, 1.807) is 7.11 Å². The van der Waals surface area contributed by atoms with Crippen LogP contribution in [-0.2, 0) is 12.7 Å². The number of carbonyl (C=O) groups excluding carboxylic acids is 1. The molecule has 0 bridgehead atoms. The number of carbonyl (C=O) groups is 1. The van der Waals surface area contributed by atoms with Crippen molar-refractivity contribution in [2.24, 2.45) is 0 Å². The summed E-state index contributed by atoms with van der Waals surface area (Å²) in [7, 11) is -0.795. The first-order chi connectivity index (χ1) is 25.9. The van der Waals surface area contributed by atoms with Gasteiger partial charge in [-0.3, -0.25) is 4.79 Å². The lowest BCUT2D eigenvalue weighted by atomic mass is 9.94. The van der Waals surface area contributed by atoms with Crippen LogP contribution in [0.2, 0.25) is 0 Å². The highest BCUT2D eigenvalue weighted by molar-refractivity contribution is 7.95. The summed E-state index contributed by atoms with van der Waals surface area (Å²) in [6.45, 7) is 4.62. The van der Waals surface area contributed by atoms with Gasteiger partial charge in [0.15, 0.2) is 0 Å². The summed E-state index contributed by atoms with van der Waals surface area (Å²) >= 11 is 0. The summed E-state index contributed by atoms with van der Waals surface area (Å²) in [5.74, 6) is 0.277. The Balaban J connectivity index is 0.00000497. The molecule has 54 heavy (non-hydrogen) atoms. The molecule has 272 valence electrons. The fourth-order valence-corrected chi connectivity index (χ4v) is 11.6. The van der Waals surface area contributed by atoms with E-state index >= 15 is 0 Å². The molecular formula is C47H43BrFN2O2P. The lowest BCUT2D eigenvalue weighted by molar-refractivity contribution is -0.0000195. The van der Waals surface area contributed by atoms with Crippen molar-refractivity contribution in [1.29, 1.82) is 0 Å². The highest BCUT2D eigenvalue weighted by atomic mass is 79.9. The van der Waals surface area contributed by atoms with Crippen molar-refractivity contribution in [2.45, 2.75) is 32.6 Å². The van der Waals surface area contributed by atoms with Crippen molar-refractivity contribution >= 4 is 29.1 Å². The van der Waals surface area contributed by atoms with Gasteiger partial charge in [0.05, 0.1) is 12.8 Å². The molecule has 0 unspecified atom stereocenters. The average Bonchev–Trinajstić information content (AvgIpc) is 3.55. The topological polar surface area (TPSA) is 43.3 Å². The number of benzene rings is 6. The van der Waals surface area contributed by atoms with E-state index in [1.165, 1.54) is 28.0 Å². The number of hydrogen-bond donors (Lipinski definition) is 1. The van der Waals surface area contributed by atoms with Crippen molar-refractivity contribution in [1.82, 2.24) is 9.88 Å². The normalized spacial score (nSPS) is 11.2. The second-order valence-corrected chi connectivity index (χ2v) is 16.9. The highest BCUT2D eigenvalue weighted by Gasteiger charge is 2.48. The van der Waals surface area contributed by atoms with Gasteiger partial charge in [0.25, 0.3) is 5.91 Å². The van der Waals surface area contributed by atoms with Crippen LogP contribution in [0, 0.1) is 5.82 Å². The molecule has 7 heteroatoms. The van der Waals surface area contributed by atoms with E-state index in [-0.39, 0.29) is 34.7 Å². The Morgan fingerprint density at radius 1 is 0.648 bits per heavy atom. The van der Waals surface area contributed by atoms with Gasteiger partial charge in [0.2, 0.25) is 0 Å². The van der Waals surface area contributed by atoms with Crippen molar-refractivity contribution in [3.05, 3.63) is 193 Å². The molecule has 0 atom stereocenters. The number of aromatic nitrogens is 1. The van der Waals surface area contributed by atoms with Gasteiger partial charge in [-0.15, -0.1) is 0 Å². The van der Waals surface area contributed by atoms with Crippen molar-refractivity contribution in [3.8, 4) is 28.0 Å². The zero-order valence-electron chi connectivity index (χ0n) is 30.6. The Morgan fingerprint density at radius 2 is 1.11 bits per heavy atom. The molecule has 4 nitrogen and oxygen atoms in total. The molecule has 7 rings (SSSR count). The maximum Gasteiger partial charge on any atom is 0.268 e. The molecule has 1 N–H and O–H groups in total. The number of nitrogens with one attached hydrogen (secondary N) is 1. The van der Waals surface area contributed by atoms with Crippen LogP contribution in [0.5, 0.6) is 5.75 Å². The summed E-state index contributed by atoms with van der Waals surface area (Å²) < 4.78 is 22.2. The van der Waals surface area contributed by atoms with Crippen LogP contribution in [0.15, 0.2) is 170 Å². The number of hydrogen-bond acceptors (Lipinski definition) is 2. The smallest absolute Gasteiger partial charge is 0.268 e. The lowest BCUT2D eigenvalue weighted by Crippen LogP contribution is -3.00. The average molecular weight is 798 g/mol. The Hall–Kier alpha value is -5.29. The van der Waals surface area contributed by atoms with Gasteiger partial charge in [-0.1, -0.05) is 109 Å². The molecule has 6 aromatic carbocycles. The van der Waals surface area contributed by atoms with Crippen LogP contribution >= 0.6 is 7.26 Å². The number of ether oxygens (including phenoxy) is 1. The van der Waals surface area contributed by atoms with Gasteiger partial charge in [-0.2, -0.15) is 0 Å². The molecule has 0 aliphatic heterocycles. The molecule has 0 radical (unpaired) electrons. The molecule has 0 saturated carbocycles. The first-order valence-electron chi connectivity index (χ1n) is 17.9. The van der Waals surface area contributed by atoms with E-state index < -0.39 is 7.26 Å². The van der Waals surface area contributed by atoms with Gasteiger partial charge in [-0.25, -0.2) is 4.39 Å². The predicted molar refractivity (Wildman–Crippen MR) is 219 cm³/mol. The third kappa shape index (κ3) is 7.68. The van der Waals surface area contributed by atoms with E-state index in [2.05, 4.69) is 127 Å². The minimum Gasteiger partial charge on any atom is -1.00 e. The van der Waals surface area contributed by atoms with Crippen LogP contribution in [0.4, 0.5) is 4.39 Å². The summed E-state index contributed by atoms with van der Waals surface area (Å²) in [5, 5.41) is 6.99. The second kappa shape index (κ2) is 17.2. The third-order valence-corrected chi connectivity index (χ3v) is 14.1. The van der Waals surface area contributed by atoms with Gasteiger partial charge in [0, 0.05) is 23.7 Å². The molecular weight excluding hydrogens is 754 g/mol. The van der Waals surface area contributed by atoms with Gasteiger partial charge < -0.3 is 31.6 Å². The summed E-state index contributed by atoms with van der Waals surface area (Å²) in [6, 6.07) is 56.8. The molecule has 0 fully saturated rings. The summed E-state index contributed by atoms with van der Waals surface area (Å²) in [6.07, 6.45) is 0.627. The molecule has 1 amide bonds. The monoisotopic (exact) mass is 796 g/mol. The van der Waals surface area contributed by atoms with E-state index in [0.717, 1.165) is 39.3 Å². The van der Waals surface area contributed by atoms with Gasteiger partial charge in [0.1, 0.15) is 46.6 Å². The standard InChI is InChI=1S/C47H42FN2O2P.BrH/c1-34(2)50-43(33-53(40-18-10-5-11-19-40,41-20-12-6-13-21-41)42-22-14-7-15-23-42)44(37-26-28-38(48)29-27-37)45(36-16-8-4-9-17-36)46(50)47(51)49-32-35-24-30-39(52-3)31-25-35;/h4-31,34H,32-33H2,1-3H3;1H. The third-order valence-electron chi connectivity index (χ3n) is 9.82. The Bertz CT molecular complexity index is 2180. The Kier molecular flexibility index (Phi) is 12.3. The maximum atomic E-state index is 14.9. The number of nitrogens with zero attached hydrogens (tertiary/aromatic N) is 1. The second-order valence-electron chi connectivity index (χ2n) is 13.4. The molecule has 0 aliphatic carbocycles. The van der Waals surface area contributed by atoms with Crippen molar-refractivity contribution < 1.29 is 30.9 Å². The Morgan fingerprint density at radius 3 is 1.57 bits per heavy atom. The summed E-state index contributed by atoms with van der Waals surface area (Å²) in [4.78, 5) is 14.9. The number of amides is 1. The number of rotatable bonds is 12. The van der Waals surface area contributed by atoms with E-state index in [9.17, 15) is 9.18 Å². The largest absolute Gasteiger partial charge is 1.00 e. The SMILES string of the molecule is COc1ccc(CNC(=O)c2c(-c3ccccc3)c(-c3ccc(F)cc3)c(C[P+](c3ccccc3)(c3ccccc3)c3ccccc3)n2C(C)C)cc1.[Br-]. The fraction of sp³-hybridized carbons (Fsp3) is 0.128. The quantitative estimate of drug-likeness (QED) is 0.136. The first kappa shape index (κ1) is 38.4. The van der Waals surface area contributed by atoms with Crippen molar-refractivity contribution in [2.75, 3.05) is 7.11 Å². The van der Waals surface area contributed by atoms with Crippen LogP contribution in [0.1, 0.15) is 41.6 Å². The fourth-order valence-electron chi connectivity index (χ4n) is 7.40. The first-order valence-corrected chi connectivity index (χ1v) is 19.9. The minimum atomic E-state index is -2.44. The molecule has 1 aromatic heterocycles.